The summed E-state index contributed by atoms with van der Waals surface area (Å²) in [6.45, 7) is 4.45. The molecule has 0 atom stereocenters. The average molecular weight is 271 g/mol. The minimum Gasteiger partial charge on any atom is -0.449 e. The number of piperidine rings is 1. The molecule has 2 fully saturated rings. The number of carbonyl (C=O) groups is 1. The number of rotatable bonds is 6. The van der Waals surface area contributed by atoms with Gasteiger partial charge in [-0.25, -0.2) is 4.79 Å². The number of thioether (sulfide) groups is 1. The summed E-state index contributed by atoms with van der Waals surface area (Å²) in [5, 5.41) is 0.769. The quantitative estimate of drug-likeness (QED) is 0.692. The van der Waals surface area contributed by atoms with Gasteiger partial charge in [0, 0.05) is 18.3 Å². The zero-order valence-corrected chi connectivity index (χ0v) is 12.2. The summed E-state index contributed by atoms with van der Waals surface area (Å²) < 4.78 is 5.25. The molecule has 4 heteroatoms. The van der Waals surface area contributed by atoms with Crippen molar-refractivity contribution in [1.29, 1.82) is 0 Å². The smallest absolute Gasteiger partial charge is 0.409 e. The van der Waals surface area contributed by atoms with Gasteiger partial charge in [-0.15, -0.1) is 0 Å². The molecule has 3 nitrogen and oxygen atoms in total. The van der Waals surface area contributed by atoms with E-state index >= 15 is 0 Å². The normalized spacial score (nSPS) is 21.1. The largest absolute Gasteiger partial charge is 0.449 e. The van der Waals surface area contributed by atoms with Crippen LogP contribution in [0.4, 0.5) is 4.79 Å². The van der Waals surface area contributed by atoms with Gasteiger partial charge in [-0.05, 0) is 43.8 Å². The van der Waals surface area contributed by atoms with Crippen LogP contribution < -0.4 is 0 Å². The summed E-state index contributed by atoms with van der Waals surface area (Å²) >= 11 is 2.12. The van der Waals surface area contributed by atoms with Crippen molar-refractivity contribution < 1.29 is 9.53 Å². The Morgan fingerprint density at radius 2 is 2.00 bits per heavy atom. The highest BCUT2D eigenvalue weighted by atomic mass is 32.2. The maximum Gasteiger partial charge on any atom is 0.409 e. The van der Waals surface area contributed by atoms with Gasteiger partial charge in [0.15, 0.2) is 0 Å². The van der Waals surface area contributed by atoms with Gasteiger partial charge in [-0.3, -0.25) is 0 Å². The van der Waals surface area contributed by atoms with Crippen LogP contribution in [0.1, 0.15) is 45.4 Å². The lowest BCUT2D eigenvalue weighted by Gasteiger charge is -2.31. The highest BCUT2D eigenvalue weighted by Crippen LogP contribution is 2.35. The lowest BCUT2D eigenvalue weighted by Crippen LogP contribution is -2.39. The predicted molar refractivity (Wildman–Crippen MR) is 76.0 cm³/mol. The van der Waals surface area contributed by atoms with Crippen LogP contribution in [-0.2, 0) is 4.74 Å². The lowest BCUT2D eigenvalue weighted by molar-refractivity contribution is 0.0948. The molecule has 0 unspecified atom stereocenters. The number of nitrogens with zero attached hydrogens (tertiary/aromatic N) is 1. The van der Waals surface area contributed by atoms with Crippen molar-refractivity contribution in [3.63, 3.8) is 0 Å². The Morgan fingerprint density at radius 1 is 1.28 bits per heavy atom. The molecule has 1 aliphatic carbocycles. The molecular weight excluding hydrogens is 246 g/mol. The molecule has 1 saturated carbocycles. The molecule has 104 valence electrons. The van der Waals surface area contributed by atoms with Gasteiger partial charge < -0.3 is 9.64 Å². The maximum atomic E-state index is 11.8. The third-order valence-electron chi connectivity index (χ3n) is 3.69. The molecular formula is C14H25NO2S. The monoisotopic (exact) mass is 271 g/mol. The number of unbranched alkanes of at least 4 members (excludes halogenated alkanes) is 1. The first kappa shape index (κ1) is 14.0. The van der Waals surface area contributed by atoms with Gasteiger partial charge in [0.05, 0.1) is 6.61 Å². The zero-order chi connectivity index (χ0) is 12.8. The molecule has 0 spiro atoms. The second-order valence-corrected chi connectivity index (χ2v) is 6.76. The fourth-order valence-corrected chi connectivity index (χ4v) is 3.58. The molecule has 1 heterocycles. The number of hydrogen-bond donors (Lipinski definition) is 0. The van der Waals surface area contributed by atoms with Crippen LogP contribution in [0, 0.1) is 5.92 Å². The van der Waals surface area contributed by atoms with Crippen molar-refractivity contribution >= 4 is 17.9 Å². The zero-order valence-electron chi connectivity index (χ0n) is 11.4. The summed E-state index contributed by atoms with van der Waals surface area (Å²) in [5.74, 6) is 2.35. The van der Waals surface area contributed by atoms with E-state index in [9.17, 15) is 4.79 Å². The molecule has 18 heavy (non-hydrogen) atoms. The fourth-order valence-electron chi connectivity index (χ4n) is 2.16. The first-order chi connectivity index (χ1) is 8.79. The van der Waals surface area contributed by atoms with Gasteiger partial charge in [-0.2, -0.15) is 11.8 Å². The summed E-state index contributed by atoms with van der Waals surface area (Å²) in [7, 11) is 0. The Bertz CT molecular complexity index is 261. The lowest BCUT2D eigenvalue weighted by atomic mass is 10.1. The molecule has 0 N–H and O–H groups in total. The standard InChI is InChI=1S/C14H25NO2S/c1-2-3-10-17-14(16)15-8-6-13(7-9-15)18-11-12-4-5-12/h12-13H,2-11H2,1H3. The van der Waals surface area contributed by atoms with Gasteiger partial charge in [0.2, 0.25) is 0 Å². The van der Waals surface area contributed by atoms with Crippen molar-refractivity contribution in [2.24, 2.45) is 5.92 Å². The van der Waals surface area contributed by atoms with Crippen LogP contribution in [0.5, 0.6) is 0 Å². The molecule has 0 aromatic heterocycles. The number of carbonyl (C=O) groups excluding carboxylic acids is 1. The van der Waals surface area contributed by atoms with Crippen LogP contribution >= 0.6 is 11.8 Å². The Kier molecular flexibility index (Phi) is 5.67. The minimum absolute atomic E-state index is 0.103. The van der Waals surface area contributed by atoms with E-state index in [0.717, 1.165) is 49.9 Å². The molecule has 2 aliphatic rings. The van der Waals surface area contributed by atoms with Crippen molar-refractivity contribution in [2.45, 2.75) is 50.7 Å². The van der Waals surface area contributed by atoms with Gasteiger partial charge in [-0.1, -0.05) is 13.3 Å². The van der Waals surface area contributed by atoms with E-state index in [2.05, 4.69) is 18.7 Å². The SMILES string of the molecule is CCCCOC(=O)N1CCC(SCC2CC2)CC1. The van der Waals surface area contributed by atoms with Crippen molar-refractivity contribution in [3.8, 4) is 0 Å². The van der Waals surface area contributed by atoms with E-state index in [4.69, 9.17) is 4.74 Å². The van der Waals surface area contributed by atoms with E-state index in [1.165, 1.54) is 18.6 Å². The maximum absolute atomic E-state index is 11.8. The van der Waals surface area contributed by atoms with Crippen LogP contribution in [0.2, 0.25) is 0 Å². The molecule has 2 rings (SSSR count). The van der Waals surface area contributed by atoms with E-state index in [1.807, 2.05) is 4.90 Å². The van der Waals surface area contributed by atoms with Crippen LogP contribution in [0.25, 0.3) is 0 Å². The summed E-state index contributed by atoms with van der Waals surface area (Å²) in [6.07, 6.45) is 7.10. The third kappa shape index (κ3) is 4.71. The molecule has 0 radical (unpaired) electrons. The molecule has 0 aromatic carbocycles. The van der Waals surface area contributed by atoms with E-state index in [1.54, 1.807) is 0 Å². The van der Waals surface area contributed by atoms with Gasteiger partial charge >= 0.3 is 6.09 Å². The molecule has 0 aromatic rings. The Hall–Kier alpha value is -0.380. The molecule has 1 aliphatic heterocycles. The van der Waals surface area contributed by atoms with Crippen molar-refractivity contribution in [2.75, 3.05) is 25.4 Å². The van der Waals surface area contributed by atoms with Crippen LogP contribution in [-0.4, -0.2) is 41.7 Å². The van der Waals surface area contributed by atoms with Crippen molar-refractivity contribution in [3.05, 3.63) is 0 Å². The van der Waals surface area contributed by atoms with E-state index in [-0.39, 0.29) is 6.09 Å². The number of hydrogen-bond acceptors (Lipinski definition) is 3. The summed E-state index contributed by atoms with van der Waals surface area (Å²) in [6, 6.07) is 0. The number of likely N-dealkylation sites (tertiary alicyclic amines) is 1. The first-order valence-corrected chi connectivity index (χ1v) is 8.37. The van der Waals surface area contributed by atoms with Gasteiger partial charge in [0.25, 0.3) is 0 Å². The Balaban J connectivity index is 1.58. The number of ether oxygens (including phenoxy) is 1. The second-order valence-electron chi connectivity index (χ2n) is 5.43. The number of amides is 1. The van der Waals surface area contributed by atoms with Crippen LogP contribution in [0.3, 0.4) is 0 Å². The van der Waals surface area contributed by atoms with E-state index in [0.29, 0.717) is 6.61 Å². The third-order valence-corrected chi connectivity index (χ3v) is 5.29. The topological polar surface area (TPSA) is 29.5 Å². The molecule has 0 bridgehead atoms. The minimum atomic E-state index is -0.103. The molecule has 1 saturated heterocycles. The van der Waals surface area contributed by atoms with E-state index < -0.39 is 0 Å². The summed E-state index contributed by atoms with van der Waals surface area (Å²) in [5.41, 5.74) is 0. The average Bonchev–Trinajstić information content (AvgIpc) is 3.21. The Labute approximate surface area is 115 Å². The first-order valence-electron chi connectivity index (χ1n) is 7.33. The predicted octanol–water partition coefficient (Wildman–Crippen LogP) is 3.53. The molecule has 1 amide bonds. The Morgan fingerprint density at radius 3 is 2.61 bits per heavy atom. The highest BCUT2D eigenvalue weighted by molar-refractivity contribution is 7.99. The van der Waals surface area contributed by atoms with Crippen molar-refractivity contribution in [1.82, 2.24) is 4.90 Å². The fraction of sp³-hybridized carbons (Fsp3) is 0.929. The highest BCUT2D eigenvalue weighted by Gasteiger charge is 2.27. The second kappa shape index (κ2) is 7.27. The summed E-state index contributed by atoms with van der Waals surface area (Å²) in [4.78, 5) is 13.6. The van der Waals surface area contributed by atoms with Crippen LogP contribution in [0.15, 0.2) is 0 Å². The van der Waals surface area contributed by atoms with Gasteiger partial charge in [0.1, 0.15) is 0 Å².